The van der Waals surface area contributed by atoms with Gasteiger partial charge in [-0.25, -0.2) is 0 Å². The van der Waals surface area contributed by atoms with E-state index in [9.17, 15) is 4.79 Å². The number of nitrogens with zero attached hydrogens (tertiary/aromatic N) is 4. The fraction of sp³-hybridized carbons (Fsp3) is 0.591. The molecule has 2 saturated heterocycles. The molecule has 0 aliphatic carbocycles. The van der Waals surface area contributed by atoms with Crippen molar-refractivity contribution in [3.63, 3.8) is 0 Å². The standard InChI is InChI=1S/C22H30N4O5/c1-28-17-7-6-16(20(29-2)21(17)30-3)22-23-18(31-24-22)14-25-11-8-15(9-12-25)13-26-10-4-5-19(26)27/h6-7,15H,4-5,8-14H2,1-3H3. The first-order valence-electron chi connectivity index (χ1n) is 10.7. The van der Waals surface area contributed by atoms with E-state index >= 15 is 0 Å². The van der Waals surface area contributed by atoms with Crippen molar-refractivity contribution in [2.45, 2.75) is 32.2 Å². The van der Waals surface area contributed by atoms with E-state index in [2.05, 4.69) is 15.0 Å². The van der Waals surface area contributed by atoms with Gasteiger partial charge in [0.15, 0.2) is 11.5 Å². The van der Waals surface area contributed by atoms with Crippen LogP contribution in [-0.2, 0) is 11.3 Å². The van der Waals surface area contributed by atoms with Crippen LogP contribution in [0.25, 0.3) is 11.4 Å². The van der Waals surface area contributed by atoms with Gasteiger partial charge in [-0.1, -0.05) is 5.16 Å². The summed E-state index contributed by atoms with van der Waals surface area (Å²) in [6.45, 7) is 4.35. The average Bonchev–Trinajstić information content (AvgIpc) is 3.42. The van der Waals surface area contributed by atoms with Crippen molar-refractivity contribution in [1.29, 1.82) is 0 Å². The number of ether oxygens (including phenoxy) is 3. The van der Waals surface area contributed by atoms with E-state index in [4.69, 9.17) is 18.7 Å². The summed E-state index contributed by atoms with van der Waals surface area (Å²) >= 11 is 0. The first-order valence-corrected chi connectivity index (χ1v) is 10.7. The van der Waals surface area contributed by atoms with Crippen molar-refractivity contribution in [3.8, 4) is 28.6 Å². The summed E-state index contributed by atoms with van der Waals surface area (Å²) in [6.07, 6.45) is 3.87. The summed E-state index contributed by atoms with van der Waals surface area (Å²) in [5.41, 5.74) is 0.684. The highest BCUT2D eigenvalue weighted by Crippen LogP contribution is 2.43. The summed E-state index contributed by atoms with van der Waals surface area (Å²) in [5, 5.41) is 4.15. The molecule has 2 fully saturated rings. The Morgan fingerprint density at radius 1 is 1.06 bits per heavy atom. The lowest BCUT2D eigenvalue weighted by atomic mass is 9.96. The smallest absolute Gasteiger partial charge is 0.241 e. The molecule has 3 heterocycles. The van der Waals surface area contributed by atoms with Gasteiger partial charge in [-0.2, -0.15) is 4.98 Å². The summed E-state index contributed by atoms with van der Waals surface area (Å²) < 4.78 is 21.8. The molecule has 9 heteroatoms. The van der Waals surface area contributed by atoms with Crippen LogP contribution in [0.15, 0.2) is 16.7 Å². The number of hydrogen-bond donors (Lipinski definition) is 0. The number of rotatable bonds is 8. The van der Waals surface area contributed by atoms with E-state index in [-0.39, 0.29) is 0 Å². The molecule has 0 atom stereocenters. The summed E-state index contributed by atoms with van der Waals surface area (Å²) in [4.78, 5) is 20.8. The molecule has 168 valence electrons. The maximum Gasteiger partial charge on any atom is 0.241 e. The third-order valence-electron chi connectivity index (χ3n) is 6.13. The number of methoxy groups -OCH3 is 3. The van der Waals surface area contributed by atoms with Crippen molar-refractivity contribution in [2.24, 2.45) is 5.92 Å². The van der Waals surface area contributed by atoms with E-state index in [1.54, 1.807) is 27.4 Å². The number of hydrogen-bond acceptors (Lipinski definition) is 8. The molecule has 2 aliphatic rings. The lowest BCUT2D eigenvalue weighted by Crippen LogP contribution is -2.38. The zero-order chi connectivity index (χ0) is 21.8. The number of piperidine rings is 1. The first-order chi connectivity index (χ1) is 15.1. The highest BCUT2D eigenvalue weighted by atomic mass is 16.5. The van der Waals surface area contributed by atoms with Crippen LogP contribution in [0.1, 0.15) is 31.6 Å². The van der Waals surface area contributed by atoms with Gasteiger partial charge in [0.1, 0.15) is 0 Å². The highest BCUT2D eigenvalue weighted by molar-refractivity contribution is 5.78. The maximum atomic E-state index is 11.9. The normalized spacial score (nSPS) is 17.9. The average molecular weight is 431 g/mol. The predicted molar refractivity (Wildman–Crippen MR) is 113 cm³/mol. The Hall–Kier alpha value is -2.81. The second-order valence-corrected chi connectivity index (χ2v) is 8.06. The van der Waals surface area contributed by atoms with Crippen LogP contribution in [0.3, 0.4) is 0 Å². The number of amides is 1. The molecule has 1 aromatic carbocycles. The fourth-order valence-corrected chi connectivity index (χ4v) is 4.43. The monoisotopic (exact) mass is 430 g/mol. The Bertz CT molecular complexity index is 907. The predicted octanol–water partition coefficient (Wildman–Crippen LogP) is 2.60. The second kappa shape index (κ2) is 9.55. The number of carbonyl (C=O) groups is 1. The zero-order valence-corrected chi connectivity index (χ0v) is 18.4. The third-order valence-corrected chi connectivity index (χ3v) is 6.13. The van der Waals surface area contributed by atoms with E-state index in [1.165, 1.54) is 0 Å². The molecular weight excluding hydrogens is 400 g/mol. The SMILES string of the molecule is COc1ccc(-c2noc(CN3CCC(CN4CCCC4=O)CC3)n2)c(OC)c1OC. The molecule has 0 unspecified atom stereocenters. The van der Waals surface area contributed by atoms with Crippen molar-refractivity contribution in [2.75, 3.05) is 47.5 Å². The second-order valence-electron chi connectivity index (χ2n) is 8.06. The van der Waals surface area contributed by atoms with Gasteiger partial charge in [0.05, 0.1) is 33.4 Å². The van der Waals surface area contributed by atoms with Crippen molar-refractivity contribution in [1.82, 2.24) is 19.9 Å². The van der Waals surface area contributed by atoms with Gasteiger partial charge in [0, 0.05) is 19.5 Å². The van der Waals surface area contributed by atoms with Crippen LogP contribution in [0, 0.1) is 5.92 Å². The maximum absolute atomic E-state index is 11.9. The van der Waals surface area contributed by atoms with Gasteiger partial charge in [0.25, 0.3) is 0 Å². The van der Waals surface area contributed by atoms with Gasteiger partial charge in [-0.3, -0.25) is 9.69 Å². The number of carbonyl (C=O) groups excluding carboxylic acids is 1. The van der Waals surface area contributed by atoms with Gasteiger partial charge < -0.3 is 23.6 Å². The first kappa shape index (κ1) is 21.4. The van der Waals surface area contributed by atoms with Crippen molar-refractivity contribution >= 4 is 5.91 Å². The quantitative estimate of drug-likeness (QED) is 0.631. The summed E-state index contributed by atoms with van der Waals surface area (Å²) in [7, 11) is 4.71. The van der Waals surface area contributed by atoms with Crippen LogP contribution in [0.4, 0.5) is 0 Å². The van der Waals surface area contributed by atoms with E-state index in [1.807, 2.05) is 11.0 Å². The Morgan fingerprint density at radius 2 is 1.84 bits per heavy atom. The minimum Gasteiger partial charge on any atom is -0.493 e. The van der Waals surface area contributed by atoms with Gasteiger partial charge in [0.2, 0.25) is 23.4 Å². The molecule has 9 nitrogen and oxygen atoms in total. The van der Waals surface area contributed by atoms with Gasteiger partial charge >= 0.3 is 0 Å². The molecule has 1 aromatic heterocycles. The molecule has 0 bridgehead atoms. The Kier molecular flexibility index (Phi) is 6.60. The molecule has 0 saturated carbocycles. The summed E-state index contributed by atoms with van der Waals surface area (Å²) in [5.74, 6) is 3.48. The molecule has 2 aromatic rings. The Morgan fingerprint density at radius 3 is 2.48 bits per heavy atom. The van der Waals surface area contributed by atoms with Crippen molar-refractivity contribution < 1.29 is 23.5 Å². The van der Waals surface area contributed by atoms with Gasteiger partial charge in [-0.05, 0) is 50.4 Å². The molecule has 1 amide bonds. The Balaban J connectivity index is 1.37. The molecule has 0 spiro atoms. The number of benzene rings is 1. The Labute approximate surface area is 182 Å². The number of aromatic nitrogens is 2. The van der Waals surface area contributed by atoms with E-state index in [0.29, 0.717) is 59.3 Å². The molecule has 0 radical (unpaired) electrons. The van der Waals surface area contributed by atoms with Crippen LogP contribution in [-0.4, -0.2) is 73.4 Å². The third kappa shape index (κ3) is 4.61. The summed E-state index contributed by atoms with van der Waals surface area (Å²) in [6, 6.07) is 3.63. The minimum atomic E-state index is 0.311. The largest absolute Gasteiger partial charge is 0.493 e. The van der Waals surface area contributed by atoms with E-state index in [0.717, 1.165) is 45.4 Å². The minimum absolute atomic E-state index is 0.311. The fourth-order valence-electron chi connectivity index (χ4n) is 4.43. The van der Waals surface area contributed by atoms with Crippen LogP contribution < -0.4 is 14.2 Å². The van der Waals surface area contributed by atoms with Crippen molar-refractivity contribution in [3.05, 3.63) is 18.0 Å². The molecule has 4 rings (SSSR count). The lowest BCUT2D eigenvalue weighted by molar-refractivity contribution is -0.128. The molecular formula is C22H30N4O5. The van der Waals surface area contributed by atoms with E-state index < -0.39 is 0 Å². The zero-order valence-electron chi connectivity index (χ0n) is 18.4. The topological polar surface area (TPSA) is 90.2 Å². The highest BCUT2D eigenvalue weighted by Gasteiger charge is 2.27. The van der Waals surface area contributed by atoms with Crippen LogP contribution in [0.5, 0.6) is 17.2 Å². The van der Waals surface area contributed by atoms with Gasteiger partial charge in [-0.15, -0.1) is 0 Å². The number of likely N-dealkylation sites (tertiary alicyclic amines) is 2. The molecule has 31 heavy (non-hydrogen) atoms. The van der Waals surface area contributed by atoms with Crippen LogP contribution >= 0.6 is 0 Å². The molecule has 2 aliphatic heterocycles. The lowest BCUT2D eigenvalue weighted by Gasteiger charge is -2.33. The molecule has 0 N–H and O–H groups in total. The van der Waals surface area contributed by atoms with Crippen LogP contribution in [0.2, 0.25) is 0 Å².